The van der Waals surface area contributed by atoms with Crippen LogP contribution < -0.4 is 5.32 Å². The number of carboxylic acids is 1. The first-order valence-electron chi connectivity index (χ1n) is 7.64. The molecule has 0 radical (unpaired) electrons. The van der Waals surface area contributed by atoms with Gasteiger partial charge in [-0.3, -0.25) is 9.59 Å². The summed E-state index contributed by atoms with van der Waals surface area (Å²) in [6.45, 7) is 3.23. The number of hydrogen-bond donors (Lipinski definition) is 2. The zero-order chi connectivity index (χ0) is 14.6. The Morgan fingerprint density at radius 1 is 1.10 bits per heavy atom. The SMILES string of the molecule is CCOCC1(C(=O)NCC2(C(=O)O)CCCCC2)CC1. The highest BCUT2D eigenvalue weighted by molar-refractivity contribution is 5.86. The molecule has 2 N–H and O–H groups in total. The van der Waals surface area contributed by atoms with E-state index in [2.05, 4.69) is 5.32 Å². The third-order valence-electron chi connectivity index (χ3n) is 4.77. The summed E-state index contributed by atoms with van der Waals surface area (Å²) in [5.74, 6) is -0.802. The fraction of sp³-hybridized carbons (Fsp3) is 0.867. The van der Waals surface area contributed by atoms with Crippen LogP contribution in [0.2, 0.25) is 0 Å². The highest BCUT2D eigenvalue weighted by atomic mass is 16.5. The van der Waals surface area contributed by atoms with Crippen LogP contribution in [0.3, 0.4) is 0 Å². The number of hydrogen-bond acceptors (Lipinski definition) is 3. The van der Waals surface area contributed by atoms with Gasteiger partial charge in [0.2, 0.25) is 5.91 Å². The minimum Gasteiger partial charge on any atom is -0.481 e. The van der Waals surface area contributed by atoms with E-state index in [1.807, 2.05) is 6.92 Å². The molecule has 2 fully saturated rings. The normalized spacial score (nSPS) is 23.1. The smallest absolute Gasteiger partial charge is 0.311 e. The van der Waals surface area contributed by atoms with Crippen molar-refractivity contribution in [2.75, 3.05) is 19.8 Å². The molecule has 2 aliphatic carbocycles. The molecule has 0 spiro atoms. The number of carbonyl (C=O) groups is 2. The Balaban J connectivity index is 1.89. The second-order valence-corrected chi connectivity index (χ2v) is 6.25. The number of ether oxygens (including phenoxy) is 1. The lowest BCUT2D eigenvalue weighted by atomic mass is 9.74. The molecule has 0 aromatic heterocycles. The van der Waals surface area contributed by atoms with E-state index in [1.165, 1.54) is 0 Å². The molecule has 2 aliphatic rings. The van der Waals surface area contributed by atoms with Crippen LogP contribution in [0.5, 0.6) is 0 Å². The molecule has 0 bridgehead atoms. The van der Waals surface area contributed by atoms with Gasteiger partial charge >= 0.3 is 5.97 Å². The maximum atomic E-state index is 12.3. The van der Waals surface area contributed by atoms with Gasteiger partial charge in [-0.15, -0.1) is 0 Å². The van der Waals surface area contributed by atoms with Gasteiger partial charge in [0.05, 0.1) is 17.4 Å². The molecule has 5 nitrogen and oxygen atoms in total. The van der Waals surface area contributed by atoms with Crippen molar-refractivity contribution in [1.29, 1.82) is 0 Å². The fourth-order valence-corrected chi connectivity index (χ4v) is 3.02. The molecule has 0 aromatic carbocycles. The summed E-state index contributed by atoms with van der Waals surface area (Å²) in [5, 5.41) is 12.4. The molecule has 0 unspecified atom stereocenters. The van der Waals surface area contributed by atoms with E-state index in [4.69, 9.17) is 4.74 Å². The van der Waals surface area contributed by atoms with Gasteiger partial charge in [0, 0.05) is 13.2 Å². The van der Waals surface area contributed by atoms with Crippen LogP contribution in [-0.4, -0.2) is 36.7 Å². The van der Waals surface area contributed by atoms with Crippen molar-refractivity contribution >= 4 is 11.9 Å². The second-order valence-electron chi connectivity index (χ2n) is 6.25. The van der Waals surface area contributed by atoms with Crippen LogP contribution in [-0.2, 0) is 14.3 Å². The molecular formula is C15H25NO4. The number of amides is 1. The first kappa shape index (κ1) is 15.3. The molecule has 20 heavy (non-hydrogen) atoms. The Hall–Kier alpha value is -1.10. The van der Waals surface area contributed by atoms with Gasteiger partial charge < -0.3 is 15.2 Å². The maximum absolute atomic E-state index is 12.3. The van der Waals surface area contributed by atoms with Crippen LogP contribution in [0.1, 0.15) is 51.9 Å². The largest absolute Gasteiger partial charge is 0.481 e. The number of carbonyl (C=O) groups excluding carboxylic acids is 1. The van der Waals surface area contributed by atoms with Gasteiger partial charge in [-0.1, -0.05) is 19.3 Å². The predicted molar refractivity (Wildman–Crippen MR) is 74.3 cm³/mol. The molecular weight excluding hydrogens is 258 g/mol. The highest BCUT2D eigenvalue weighted by Crippen LogP contribution is 2.46. The number of nitrogens with one attached hydrogen (secondary N) is 1. The third kappa shape index (κ3) is 3.14. The van der Waals surface area contributed by atoms with Crippen molar-refractivity contribution < 1.29 is 19.4 Å². The standard InChI is InChI=1S/C15H25NO4/c1-2-20-11-15(8-9-15)12(17)16-10-14(13(18)19)6-4-3-5-7-14/h2-11H2,1H3,(H,16,17)(H,18,19). The van der Waals surface area contributed by atoms with Crippen molar-refractivity contribution in [3.8, 4) is 0 Å². The van der Waals surface area contributed by atoms with Gasteiger partial charge in [0.15, 0.2) is 0 Å². The van der Waals surface area contributed by atoms with Crippen LogP contribution in [0.25, 0.3) is 0 Å². The van der Waals surface area contributed by atoms with Gasteiger partial charge in [-0.2, -0.15) is 0 Å². The van der Waals surface area contributed by atoms with Crippen LogP contribution >= 0.6 is 0 Å². The summed E-state index contributed by atoms with van der Waals surface area (Å²) >= 11 is 0. The van der Waals surface area contributed by atoms with E-state index in [-0.39, 0.29) is 17.9 Å². The summed E-state index contributed by atoms with van der Waals surface area (Å²) in [4.78, 5) is 23.8. The summed E-state index contributed by atoms with van der Waals surface area (Å²) in [6, 6.07) is 0. The number of aliphatic carboxylic acids is 1. The monoisotopic (exact) mass is 283 g/mol. The average molecular weight is 283 g/mol. The molecule has 0 heterocycles. The molecule has 0 atom stereocenters. The van der Waals surface area contributed by atoms with Crippen LogP contribution in [0.15, 0.2) is 0 Å². The van der Waals surface area contributed by atoms with Crippen molar-refractivity contribution in [3.05, 3.63) is 0 Å². The number of carboxylic acid groups (broad SMARTS) is 1. The van der Waals surface area contributed by atoms with Gasteiger partial charge in [-0.25, -0.2) is 0 Å². The van der Waals surface area contributed by atoms with Crippen molar-refractivity contribution in [2.45, 2.75) is 51.9 Å². The van der Waals surface area contributed by atoms with E-state index < -0.39 is 11.4 Å². The maximum Gasteiger partial charge on any atom is 0.311 e. The lowest BCUT2D eigenvalue weighted by Crippen LogP contribution is -2.46. The predicted octanol–water partition coefficient (Wildman–Crippen LogP) is 1.95. The van der Waals surface area contributed by atoms with Gasteiger partial charge in [0.25, 0.3) is 0 Å². The third-order valence-corrected chi connectivity index (χ3v) is 4.77. The van der Waals surface area contributed by atoms with Crippen molar-refractivity contribution in [2.24, 2.45) is 10.8 Å². The van der Waals surface area contributed by atoms with Crippen molar-refractivity contribution in [1.82, 2.24) is 5.32 Å². The zero-order valence-corrected chi connectivity index (χ0v) is 12.2. The minimum atomic E-state index is -0.771. The van der Waals surface area contributed by atoms with E-state index in [0.717, 1.165) is 32.1 Å². The first-order valence-corrected chi connectivity index (χ1v) is 7.64. The topological polar surface area (TPSA) is 75.6 Å². The molecule has 2 saturated carbocycles. The fourth-order valence-electron chi connectivity index (χ4n) is 3.02. The Bertz CT molecular complexity index is 370. The molecule has 2 rings (SSSR count). The van der Waals surface area contributed by atoms with Gasteiger partial charge in [-0.05, 0) is 32.6 Å². The summed E-state index contributed by atoms with van der Waals surface area (Å²) in [5.41, 5.74) is -1.14. The Kier molecular flexibility index (Phi) is 4.68. The Labute approximate surface area is 120 Å². The van der Waals surface area contributed by atoms with E-state index >= 15 is 0 Å². The summed E-state index contributed by atoms with van der Waals surface area (Å²) < 4.78 is 5.37. The summed E-state index contributed by atoms with van der Waals surface area (Å²) in [6.07, 6.45) is 6.00. The molecule has 0 saturated heterocycles. The van der Waals surface area contributed by atoms with Crippen LogP contribution in [0, 0.1) is 10.8 Å². The zero-order valence-electron chi connectivity index (χ0n) is 12.2. The molecule has 0 aromatic rings. The Morgan fingerprint density at radius 3 is 2.25 bits per heavy atom. The second kappa shape index (κ2) is 6.12. The molecule has 5 heteroatoms. The number of rotatable bonds is 7. The Morgan fingerprint density at radius 2 is 1.75 bits per heavy atom. The van der Waals surface area contributed by atoms with Crippen LogP contribution in [0.4, 0.5) is 0 Å². The quantitative estimate of drug-likeness (QED) is 0.749. The van der Waals surface area contributed by atoms with E-state index in [1.54, 1.807) is 0 Å². The average Bonchev–Trinajstić information content (AvgIpc) is 3.24. The minimum absolute atomic E-state index is 0.0304. The highest BCUT2D eigenvalue weighted by Gasteiger charge is 2.51. The van der Waals surface area contributed by atoms with Gasteiger partial charge in [0.1, 0.15) is 0 Å². The molecule has 1 amide bonds. The molecule has 0 aliphatic heterocycles. The van der Waals surface area contributed by atoms with E-state index in [9.17, 15) is 14.7 Å². The lowest BCUT2D eigenvalue weighted by Gasteiger charge is -2.33. The van der Waals surface area contributed by atoms with E-state index in [0.29, 0.717) is 26.1 Å². The first-order chi connectivity index (χ1) is 9.55. The lowest BCUT2D eigenvalue weighted by molar-refractivity contribution is -0.151. The van der Waals surface area contributed by atoms with Crippen molar-refractivity contribution in [3.63, 3.8) is 0 Å². The molecule has 114 valence electrons. The summed E-state index contributed by atoms with van der Waals surface area (Å²) in [7, 11) is 0.